The Labute approximate surface area is 96.5 Å². The molecule has 1 aliphatic rings. The lowest BCUT2D eigenvalue weighted by Gasteiger charge is -2.18. The van der Waals surface area contributed by atoms with Crippen LogP contribution in [-0.2, 0) is 14.9 Å². The van der Waals surface area contributed by atoms with Crippen molar-refractivity contribution in [1.29, 1.82) is 0 Å². The molecule has 1 unspecified atom stereocenters. The zero-order chi connectivity index (χ0) is 12.8. The fourth-order valence-electron chi connectivity index (χ4n) is 1.74. The van der Waals surface area contributed by atoms with Crippen LogP contribution in [0.25, 0.3) is 6.08 Å². The van der Waals surface area contributed by atoms with Crippen molar-refractivity contribution in [2.75, 3.05) is 0 Å². The molecule has 1 aromatic rings. The highest BCUT2D eigenvalue weighted by Gasteiger charge is 2.38. The molecule has 17 heavy (non-hydrogen) atoms. The lowest BCUT2D eigenvalue weighted by Crippen LogP contribution is -2.41. The lowest BCUT2D eigenvalue weighted by molar-refractivity contribution is -0.141. The number of benzene rings is 1. The van der Waals surface area contributed by atoms with Crippen molar-refractivity contribution >= 4 is 24.9 Å². The SMILES string of the molecule is NC1(C(=O)O)C=Cc2cc(P(=O)(O)O)ccc21. The first-order valence-corrected chi connectivity index (χ1v) is 6.28. The van der Waals surface area contributed by atoms with Crippen LogP contribution in [-0.4, -0.2) is 20.9 Å². The van der Waals surface area contributed by atoms with Crippen LogP contribution in [0.2, 0.25) is 0 Å². The second kappa shape index (κ2) is 3.51. The molecule has 5 N–H and O–H groups in total. The summed E-state index contributed by atoms with van der Waals surface area (Å²) < 4.78 is 11.1. The molecule has 1 aromatic carbocycles. The smallest absolute Gasteiger partial charge is 0.356 e. The lowest BCUT2D eigenvalue weighted by atomic mass is 9.93. The van der Waals surface area contributed by atoms with Crippen LogP contribution < -0.4 is 11.0 Å². The molecule has 0 saturated carbocycles. The van der Waals surface area contributed by atoms with Crippen LogP contribution >= 0.6 is 7.60 Å². The van der Waals surface area contributed by atoms with Crippen LogP contribution in [0.5, 0.6) is 0 Å². The molecular weight excluding hydrogens is 245 g/mol. The number of carbonyl (C=O) groups is 1. The topological polar surface area (TPSA) is 121 Å². The fourth-order valence-corrected chi connectivity index (χ4v) is 2.32. The second-order valence-electron chi connectivity index (χ2n) is 3.82. The molecule has 0 bridgehead atoms. The quantitative estimate of drug-likeness (QED) is 0.541. The summed E-state index contributed by atoms with van der Waals surface area (Å²) >= 11 is 0. The molecule has 0 amide bonds. The third kappa shape index (κ3) is 1.81. The predicted molar refractivity (Wildman–Crippen MR) is 60.7 cm³/mol. The molecule has 0 saturated heterocycles. The minimum absolute atomic E-state index is 0.157. The van der Waals surface area contributed by atoms with Gasteiger partial charge in [0.15, 0.2) is 5.54 Å². The van der Waals surface area contributed by atoms with Gasteiger partial charge in [-0.15, -0.1) is 0 Å². The number of hydrogen-bond acceptors (Lipinski definition) is 3. The number of aliphatic carboxylic acids is 1. The minimum Gasteiger partial charge on any atom is -0.479 e. The Morgan fingerprint density at radius 2 is 2.00 bits per heavy atom. The maximum absolute atomic E-state index is 11.1. The van der Waals surface area contributed by atoms with E-state index in [-0.39, 0.29) is 5.30 Å². The van der Waals surface area contributed by atoms with Crippen molar-refractivity contribution in [2.45, 2.75) is 5.54 Å². The van der Waals surface area contributed by atoms with Gasteiger partial charge in [-0.2, -0.15) is 0 Å². The highest BCUT2D eigenvalue weighted by molar-refractivity contribution is 7.60. The Morgan fingerprint density at radius 3 is 2.53 bits per heavy atom. The molecule has 0 spiro atoms. The highest BCUT2D eigenvalue weighted by atomic mass is 31.2. The van der Waals surface area contributed by atoms with Gasteiger partial charge in [0.2, 0.25) is 0 Å². The average molecular weight is 255 g/mol. The maximum Gasteiger partial charge on any atom is 0.356 e. The van der Waals surface area contributed by atoms with Crippen molar-refractivity contribution < 1.29 is 24.3 Å². The van der Waals surface area contributed by atoms with E-state index >= 15 is 0 Å². The predicted octanol–water partition coefficient (Wildman–Crippen LogP) is -0.245. The molecule has 6 nitrogen and oxygen atoms in total. The first kappa shape index (κ1) is 12.0. The summed E-state index contributed by atoms with van der Waals surface area (Å²) in [6, 6.07) is 3.78. The van der Waals surface area contributed by atoms with Gasteiger partial charge in [-0.3, -0.25) is 4.57 Å². The highest BCUT2D eigenvalue weighted by Crippen LogP contribution is 2.37. The van der Waals surface area contributed by atoms with Gasteiger partial charge in [0.05, 0.1) is 5.30 Å². The van der Waals surface area contributed by atoms with Gasteiger partial charge in [0, 0.05) is 0 Å². The van der Waals surface area contributed by atoms with Crippen LogP contribution in [0.3, 0.4) is 0 Å². The molecule has 1 atom stereocenters. The molecule has 0 aromatic heterocycles. The van der Waals surface area contributed by atoms with Gasteiger partial charge >= 0.3 is 13.6 Å². The molecule has 90 valence electrons. The standard InChI is InChI=1S/C10H10NO5P/c11-10(9(12)13)4-3-6-5-7(17(14,15)16)1-2-8(6)10/h1-5H,11H2,(H,12,13)(H2,14,15,16). The number of nitrogens with two attached hydrogens (primary N) is 1. The van der Waals surface area contributed by atoms with E-state index in [4.69, 9.17) is 20.6 Å². The first-order chi connectivity index (χ1) is 7.75. The summed E-state index contributed by atoms with van der Waals surface area (Å²) in [6.45, 7) is 0. The first-order valence-electron chi connectivity index (χ1n) is 4.67. The average Bonchev–Trinajstić information content (AvgIpc) is 2.56. The Morgan fingerprint density at radius 1 is 1.35 bits per heavy atom. The van der Waals surface area contributed by atoms with E-state index in [0.717, 1.165) is 0 Å². The van der Waals surface area contributed by atoms with Gasteiger partial charge < -0.3 is 20.6 Å². The van der Waals surface area contributed by atoms with Crippen molar-refractivity contribution in [1.82, 2.24) is 0 Å². The molecular formula is C10H10NO5P. The zero-order valence-electron chi connectivity index (χ0n) is 8.57. The molecule has 2 rings (SSSR count). The maximum atomic E-state index is 11.1. The number of hydrogen-bond donors (Lipinski definition) is 4. The van der Waals surface area contributed by atoms with Gasteiger partial charge in [-0.25, -0.2) is 4.79 Å². The van der Waals surface area contributed by atoms with E-state index in [1.165, 1.54) is 30.4 Å². The molecule has 0 heterocycles. The number of carboxylic acids is 1. The summed E-state index contributed by atoms with van der Waals surface area (Å²) in [5.41, 5.74) is 4.80. The van der Waals surface area contributed by atoms with Crippen LogP contribution in [0.1, 0.15) is 11.1 Å². The molecule has 0 aliphatic heterocycles. The van der Waals surface area contributed by atoms with Crippen molar-refractivity contribution in [2.24, 2.45) is 5.73 Å². The van der Waals surface area contributed by atoms with Crippen molar-refractivity contribution in [3.8, 4) is 0 Å². The Bertz CT molecular complexity index is 576. The monoisotopic (exact) mass is 255 g/mol. The molecule has 0 fully saturated rings. The van der Waals surface area contributed by atoms with Gasteiger partial charge in [0.1, 0.15) is 0 Å². The number of rotatable bonds is 2. The molecule has 7 heteroatoms. The Balaban J connectivity index is 2.57. The van der Waals surface area contributed by atoms with E-state index in [2.05, 4.69) is 0 Å². The Kier molecular flexibility index (Phi) is 2.48. The second-order valence-corrected chi connectivity index (χ2v) is 5.43. The van der Waals surface area contributed by atoms with Crippen molar-refractivity contribution in [3.05, 3.63) is 35.4 Å². The summed E-state index contributed by atoms with van der Waals surface area (Å²) in [5, 5.41) is 8.86. The largest absolute Gasteiger partial charge is 0.479 e. The summed E-state index contributed by atoms with van der Waals surface area (Å²) in [6.07, 6.45) is 2.74. The van der Waals surface area contributed by atoms with Gasteiger partial charge in [-0.05, 0) is 29.3 Å². The third-order valence-electron chi connectivity index (χ3n) is 2.70. The number of fused-ring (bicyclic) bond motifs is 1. The fraction of sp³-hybridized carbons (Fsp3) is 0.100. The van der Waals surface area contributed by atoms with Crippen LogP contribution in [0.15, 0.2) is 24.3 Å². The van der Waals surface area contributed by atoms with E-state index in [9.17, 15) is 9.36 Å². The normalized spacial score (nSPS) is 22.5. The van der Waals surface area contributed by atoms with Gasteiger partial charge in [0.25, 0.3) is 0 Å². The van der Waals surface area contributed by atoms with E-state index in [1.54, 1.807) is 0 Å². The van der Waals surface area contributed by atoms with Gasteiger partial charge in [-0.1, -0.05) is 12.1 Å². The third-order valence-corrected chi connectivity index (χ3v) is 3.65. The zero-order valence-corrected chi connectivity index (χ0v) is 9.46. The van der Waals surface area contributed by atoms with Crippen LogP contribution in [0.4, 0.5) is 0 Å². The molecule has 1 aliphatic carbocycles. The van der Waals surface area contributed by atoms with Crippen LogP contribution in [0, 0.1) is 0 Å². The minimum atomic E-state index is -4.34. The van der Waals surface area contributed by atoms with Crippen molar-refractivity contribution in [3.63, 3.8) is 0 Å². The van der Waals surface area contributed by atoms with E-state index in [1.807, 2.05) is 0 Å². The summed E-state index contributed by atoms with van der Waals surface area (Å²) in [5.74, 6) is -1.21. The summed E-state index contributed by atoms with van der Waals surface area (Å²) in [4.78, 5) is 29.0. The number of carboxylic acid groups (broad SMARTS) is 1. The van der Waals surface area contributed by atoms with E-state index in [0.29, 0.717) is 11.1 Å². The van der Waals surface area contributed by atoms with E-state index < -0.39 is 19.1 Å². The molecule has 0 radical (unpaired) electrons. The summed E-state index contributed by atoms with van der Waals surface area (Å²) in [7, 11) is -4.34. The Hall–Kier alpha value is -1.46.